The Bertz CT molecular complexity index is 813. The fraction of sp³-hybridized carbons (Fsp3) is 0.364. The van der Waals surface area contributed by atoms with E-state index in [1.54, 1.807) is 19.2 Å². The van der Waals surface area contributed by atoms with Crippen LogP contribution in [0.3, 0.4) is 0 Å². The highest BCUT2D eigenvalue weighted by Crippen LogP contribution is 2.15. The van der Waals surface area contributed by atoms with Crippen molar-refractivity contribution in [1.29, 1.82) is 0 Å². The Labute approximate surface area is 189 Å². The van der Waals surface area contributed by atoms with E-state index >= 15 is 0 Å². The van der Waals surface area contributed by atoms with Crippen molar-refractivity contribution in [3.05, 3.63) is 71.0 Å². The van der Waals surface area contributed by atoms with Gasteiger partial charge in [-0.2, -0.15) is 0 Å². The molecule has 2 rings (SSSR count). The summed E-state index contributed by atoms with van der Waals surface area (Å²) in [6.45, 7) is 6.03. The summed E-state index contributed by atoms with van der Waals surface area (Å²) in [5.41, 5.74) is 3.20. The van der Waals surface area contributed by atoms with Crippen molar-refractivity contribution in [2.24, 2.45) is 4.99 Å². The first-order chi connectivity index (χ1) is 13.5. The van der Waals surface area contributed by atoms with Crippen molar-refractivity contribution in [2.45, 2.75) is 26.2 Å². The fourth-order valence-corrected chi connectivity index (χ4v) is 2.84. The first kappa shape index (κ1) is 24.9. The molecule has 0 heterocycles. The van der Waals surface area contributed by atoms with Crippen LogP contribution in [0.4, 0.5) is 4.39 Å². The number of amides is 1. The van der Waals surface area contributed by atoms with Gasteiger partial charge in [0.2, 0.25) is 5.91 Å². The SMILES string of the molecule is CN=C(NCCNC(=O)Cc1cccc(F)c1)NCC(C)c1cccc(C)c1.I. The highest BCUT2D eigenvalue weighted by Gasteiger charge is 2.07. The number of nitrogens with zero attached hydrogens (tertiary/aromatic N) is 1. The van der Waals surface area contributed by atoms with Crippen LogP contribution < -0.4 is 16.0 Å². The molecule has 158 valence electrons. The second kappa shape index (κ2) is 13.1. The molecule has 0 bridgehead atoms. The minimum Gasteiger partial charge on any atom is -0.356 e. The van der Waals surface area contributed by atoms with Crippen molar-refractivity contribution in [3.8, 4) is 0 Å². The van der Waals surface area contributed by atoms with Gasteiger partial charge in [0, 0.05) is 26.7 Å². The molecule has 0 saturated carbocycles. The molecule has 1 amide bonds. The van der Waals surface area contributed by atoms with Crippen molar-refractivity contribution in [3.63, 3.8) is 0 Å². The van der Waals surface area contributed by atoms with Gasteiger partial charge in [0.1, 0.15) is 5.82 Å². The van der Waals surface area contributed by atoms with Gasteiger partial charge in [0.15, 0.2) is 5.96 Å². The van der Waals surface area contributed by atoms with Crippen molar-refractivity contribution in [2.75, 3.05) is 26.7 Å². The molecule has 0 aliphatic carbocycles. The molecule has 2 aromatic carbocycles. The summed E-state index contributed by atoms with van der Waals surface area (Å²) in [7, 11) is 1.72. The Hall–Kier alpha value is -2.16. The van der Waals surface area contributed by atoms with Crippen LogP contribution in [0.5, 0.6) is 0 Å². The Morgan fingerprint density at radius 3 is 2.48 bits per heavy atom. The van der Waals surface area contributed by atoms with E-state index in [0.29, 0.717) is 30.5 Å². The number of rotatable bonds is 8. The molecule has 0 fully saturated rings. The van der Waals surface area contributed by atoms with Gasteiger partial charge in [0.05, 0.1) is 6.42 Å². The van der Waals surface area contributed by atoms with Gasteiger partial charge in [-0.25, -0.2) is 4.39 Å². The third kappa shape index (κ3) is 9.25. The monoisotopic (exact) mass is 512 g/mol. The molecule has 1 unspecified atom stereocenters. The molecule has 0 radical (unpaired) electrons. The van der Waals surface area contributed by atoms with Gasteiger partial charge in [-0.3, -0.25) is 9.79 Å². The van der Waals surface area contributed by atoms with E-state index in [0.717, 1.165) is 6.54 Å². The van der Waals surface area contributed by atoms with Crippen LogP contribution in [0, 0.1) is 12.7 Å². The van der Waals surface area contributed by atoms with Crippen LogP contribution in [0.1, 0.15) is 29.5 Å². The lowest BCUT2D eigenvalue weighted by Gasteiger charge is -2.17. The Kier molecular flexibility index (Phi) is 11.3. The molecule has 2 aromatic rings. The molecule has 3 N–H and O–H groups in total. The molecular formula is C22H30FIN4O. The van der Waals surface area contributed by atoms with Crippen LogP contribution in [0.15, 0.2) is 53.5 Å². The standard InChI is InChI=1S/C22H29FN4O.HI/c1-16-6-4-8-19(12-16)17(2)15-27-22(24-3)26-11-10-25-21(28)14-18-7-5-9-20(23)13-18;/h4-9,12-13,17H,10-11,14-15H2,1-3H3,(H,25,28)(H2,24,26,27);1H. The number of aliphatic imine (C=N–C) groups is 1. The lowest BCUT2D eigenvalue weighted by atomic mass is 9.99. The second-order valence-corrected chi connectivity index (χ2v) is 6.85. The molecule has 29 heavy (non-hydrogen) atoms. The zero-order valence-corrected chi connectivity index (χ0v) is 19.5. The number of hydrogen-bond donors (Lipinski definition) is 3. The smallest absolute Gasteiger partial charge is 0.224 e. The van der Waals surface area contributed by atoms with E-state index in [2.05, 4.69) is 59.1 Å². The second-order valence-electron chi connectivity index (χ2n) is 6.85. The summed E-state index contributed by atoms with van der Waals surface area (Å²) >= 11 is 0. The number of guanidine groups is 1. The van der Waals surface area contributed by atoms with Crippen molar-refractivity contribution >= 4 is 35.8 Å². The number of carbonyl (C=O) groups excluding carboxylic acids is 1. The lowest BCUT2D eigenvalue weighted by molar-refractivity contribution is -0.120. The third-order valence-electron chi connectivity index (χ3n) is 4.40. The first-order valence-electron chi connectivity index (χ1n) is 9.50. The highest BCUT2D eigenvalue weighted by atomic mass is 127. The van der Waals surface area contributed by atoms with Gasteiger partial charge in [-0.05, 0) is 36.1 Å². The van der Waals surface area contributed by atoms with Crippen LogP contribution in [0.2, 0.25) is 0 Å². The Morgan fingerprint density at radius 2 is 1.79 bits per heavy atom. The van der Waals surface area contributed by atoms with Gasteiger partial charge >= 0.3 is 0 Å². The minimum atomic E-state index is -0.332. The zero-order chi connectivity index (χ0) is 20.4. The summed E-state index contributed by atoms with van der Waals surface area (Å²) in [5.74, 6) is 0.577. The predicted octanol–water partition coefficient (Wildman–Crippen LogP) is 3.38. The third-order valence-corrected chi connectivity index (χ3v) is 4.40. The molecule has 0 aliphatic rings. The zero-order valence-electron chi connectivity index (χ0n) is 17.2. The van der Waals surface area contributed by atoms with Crippen LogP contribution in [-0.2, 0) is 11.2 Å². The summed E-state index contributed by atoms with van der Waals surface area (Å²) < 4.78 is 13.1. The van der Waals surface area contributed by atoms with Gasteiger partial charge < -0.3 is 16.0 Å². The van der Waals surface area contributed by atoms with Gasteiger partial charge in [0.25, 0.3) is 0 Å². The van der Waals surface area contributed by atoms with E-state index in [1.807, 2.05) is 0 Å². The minimum absolute atomic E-state index is 0. The number of nitrogens with one attached hydrogen (secondary N) is 3. The number of benzene rings is 2. The summed E-state index contributed by atoms with van der Waals surface area (Å²) in [6.07, 6.45) is 0.165. The van der Waals surface area contributed by atoms with Crippen molar-refractivity contribution < 1.29 is 9.18 Å². The maximum Gasteiger partial charge on any atom is 0.224 e. The number of aryl methyl sites for hydroxylation is 1. The molecule has 5 nitrogen and oxygen atoms in total. The molecule has 0 saturated heterocycles. The largest absolute Gasteiger partial charge is 0.356 e. The van der Waals surface area contributed by atoms with E-state index in [1.165, 1.54) is 23.3 Å². The quantitative estimate of drug-likeness (QED) is 0.220. The summed E-state index contributed by atoms with van der Waals surface area (Å²) in [6, 6.07) is 14.6. The van der Waals surface area contributed by atoms with Crippen LogP contribution in [-0.4, -0.2) is 38.5 Å². The predicted molar refractivity (Wildman–Crippen MR) is 127 cm³/mol. The molecule has 7 heteroatoms. The van der Waals surface area contributed by atoms with Gasteiger partial charge in [-0.1, -0.05) is 48.9 Å². The van der Waals surface area contributed by atoms with Crippen molar-refractivity contribution in [1.82, 2.24) is 16.0 Å². The normalized spacial score (nSPS) is 11.9. The fourth-order valence-electron chi connectivity index (χ4n) is 2.84. The molecular weight excluding hydrogens is 482 g/mol. The van der Waals surface area contributed by atoms with E-state index in [-0.39, 0.29) is 42.1 Å². The number of carbonyl (C=O) groups is 1. The Morgan fingerprint density at radius 1 is 1.07 bits per heavy atom. The number of halogens is 2. The van der Waals surface area contributed by atoms with E-state index in [9.17, 15) is 9.18 Å². The topological polar surface area (TPSA) is 65.5 Å². The number of hydrogen-bond acceptors (Lipinski definition) is 2. The molecule has 1 atom stereocenters. The maximum absolute atomic E-state index is 13.1. The van der Waals surface area contributed by atoms with E-state index < -0.39 is 0 Å². The van der Waals surface area contributed by atoms with Crippen LogP contribution >= 0.6 is 24.0 Å². The summed E-state index contributed by atoms with van der Waals surface area (Å²) in [4.78, 5) is 16.1. The highest BCUT2D eigenvalue weighted by molar-refractivity contribution is 14.0. The summed E-state index contributed by atoms with van der Waals surface area (Å²) in [5, 5.41) is 9.31. The van der Waals surface area contributed by atoms with E-state index in [4.69, 9.17) is 0 Å². The molecule has 0 aromatic heterocycles. The lowest BCUT2D eigenvalue weighted by Crippen LogP contribution is -2.42. The Balaban J connectivity index is 0.00000420. The van der Waals surface area contributed by atoms with Crippen LogP contribution in [0.25, 0.3) is 0 Å². The molecule has 0 aliphatic heterocycles. The first-order valence-corrected chi connectivity index (χ1v) is 9.50. The van der Waals surface area contributed by atoms with Gasteiger partial charge in [-0.15, -0.1) is 24.0 Å². The average molecular weight is 512 g/mol. The maximum atomic E-state index is 13.1. The molecule has 0 spiro atoms. The average Bonchev–Trinajstić information content (AvgIpc) is 2.67.